The van der Waals surface area contributed by atoms with E-state index in [2.05, 4.69) is 37.4 Å². The van der Waals surface area contributed by atoms with E-state index in [1.54, 1.807) is 25.2 Å². The Morgan fingerprint density at radius 3 is 2.07 bits per heavy atom. The molecule has 2 aromatic carbocycles. The lowest BCUT2D eigenvalue weighted by Crippen LogP contribution is -2.36. The summed E-state index contributed by atoms with van der Waals surface area (Å²) in [5.41, 5.74) is 3.05. The number of rotatable bonds is 8. The van der Waals surface area contributed by atoms with Crippen LogP contribution >= 0.6 is 24.0 Å². The molecule has 0 amide bonds. The van der Waals surface area contributed by atoms with Gasteiger partial charge in [0.05, 0.1) is 0 Å². The Kier molecular flexibility index (Phi) is 10.8. The van der Waals surface area contributed by atoms with Crippen LogP contribution in [0.1, 0.15) is 16.7 Å². The van der Waals surface area contributed by atoms with Crippen molar-refractivity contribution in [3.8, 4) is 5.75 Å². The van der Waals surface area contributed by atoms with Crippen molar-refractivity contribution in [2.24, 2.45) is 4.99 Å². The average molecular weight is 504 g/mol. The highest BCUT2D eigenvalue weighted by Gasteiger charge is 2.10. The smallest absolute Gasteiger partial charge is 0.387 e. The molecule has 0 aromatic heterocycles. The zero-order valence-corrected chi connectivity index (χ0v) is 18.6. The normalized spacial score (nSPS) is 11.3. The molecule has 0 unspecified atom stereocenters. The van der Waals surface area contributed by atoms with Crippen LogP contribution in [0, 0.1) is 0 Å². The summed E-state index contributed by atoms with van der Waals surface area (Å²) in [7, 11) is 5.73. The van der Waals surface area contributed by atoms with E-state index < -0.39 is 6.61 Å². The van der Waals surface area contributed by atoms with E-state index in [1.807, 2.05) is 26.2 Å². The van der Waals surface area contributed by atoms with Gasteiger partial charge in [-0.2, -0.15) is 8.78 Å². The number of benzene rings is 2. The first-order valence-corrected chi connectivity index (χ1v) is 8.68. The number of aliphatic imine (C=N–C) groups is 1. The summed E-state index contributed by atoms with van der Waals surface area (Å²) in [5, 5.41) is 6.39. The largest absolute Gasteiger partial charge is 0.434 e. The standard InChI is InChI=1S/C20H26F2N4O.HI/c1-23-20(24-12-15-8-4-5-10-17(15)14-26(2)3)25-13-16-9-6-7-11-18(16)27-19(21)22;/h4-11,19H,12-14H2,1-3H3,(H2,23,24,25);1H. The summed E-state index contributed by atoms with van der Waals surface area (Å²) in [6.45, 7) is -1.07. The molecule has 0 fully saturated rings. The Bertz CT molecular complexity index is 697. The Labute approximate surface area is 182 Å². The highest BCUT2D eigenvalue weighted by Crippen LogP contribution is 2.19. The van der Waals surface area contributed by atoms with E-state index >= 15 is 0 Å². The molecule has 0 aliphatic carbocycles. The van der Waals surface area contributed by atoms with Crippen LogP contribution in [-0.4, -0.2) is 38.6 Å². The number of halogens is 3. The lowest BCUT2D eigenvalue weighted by molar-refractivity contribution is -0.0504. The van der Waals surface area contributed by atoms with Crippen LogP contribution in [-0.2, 0) is 19.6 Å². The number of para-hydroxylation sites is 1. The van der Waals surface area contributed by atoms with Crippen LogP contribution < -0.4 is 15.4 Å². The second-order valence-corrected chi connectivity index (χ2v) is 6.27. The van der Waals surface area contributed by atoms with E-state index in [4.69, 9.17) is 0 Å². The van der Waals surface area contributed by atoms with E-state index in [0.717, 1.165) is 6.54 Å². The van der Waals surface area contributed by atoms with Gasteiger partial charge in [0.15, 0.2) is 5.96 Å². The molecule has 5 nitrogen and oxygen atoms in total. The van der Waals surface area contributed by atoms with Gasteiger partial charge in [-0.25, -0.2) is 0 Å². The Morgan fingerprint density at radius 1 is 0.964 bits per heavy atom. The average Bonchev–Trinajstić information content (AvgIpc) is 2.63. The third-order valence-electron chi connectivity index (χ3n) is 3.91. The maximum absolute atomic E-state index is 12.5. The lowest BCUT2D eigenvalue weighted by atomic mass is 10.1. The Morgan fingerprint density at radius 2 is 1.50 bits per heavy atom. The van der Waals surface area contributed by atoms with Gasteiger partial charge in [-0.1, -0.05) is 42.5 Å². The summed E-state index contributed by atoms with van der Waals surface area (Å²) in [6.07, 6.45) is 0. The summed E-state index contributed by atoms with van der Waals surface area (Å²) < 4.78 is 29.6. The summed E-state index contributed by atoms with van der Waals surface area (Å²) in [4.78, 5) is 6.31. The monoisotopic (exact) mass is 504 g/mol. The Balaban J connectivity index is 0.00000392. The fourth-order valence-electron chi connectivity index (χ4n) is 2.66. The van der Waals surface area contributed by atoms with Gasteiger partial charge in [0.2, 0.25) is 0 Å². The molecular weight excluding hydrogens is 477 g/mol. The first kappa shape index (κ1) is 24.1. The van der Waals surface area contributed by atoms with Gasteiger partial charge in [0, 0.05) is 32.2 Å². The second-order valence-electron chi connectivity index (χ2n) is 6.27. The molecule has 0 bridgehead atoms. The van der Waals surface area contributed by atoms with Gasteiger partial charge in [-0.05, 0) is 31.3 Å². The van der Waals surface area contributed by atoms with Crippen LogP contribution in [0.4, 0.5) is 8.78 Å². The molecule has 0 radical (unpaired) electrons. The van der Waals surface area contributed by atoms with Gasteiger partial charge in [0.25, 0.3) is 0 Å². The predicted octanol–water partition coefficient (Wildman–Crippen LogP) is 3.83. The SMILES string of the molecule is CN=C(NCc1ccccc1CN(C)C)NCc1ccccc1OC(F)F.I. The number of alkyl halides is 2. The summed E-state index contributed by atoms with van der Waals surface area (Å²) >= 11 is 0. The molecule has 2 N–H and O–H groups in total. The summed E-state index contributed by atoms with van der Waals surface area (Å²) in [5.74, 6) is 0.744. The van der Waals surface area contributed by atoms with Crippen molar-refractivity contribution in [2.75, 3.05) is 21.1 Å². The molecule has 0 atom stereocenters. The van der Waals surface area contributed by atoms with E-state index in [9.17, 15) is 8.78 Å². The Hall–Kier alpha value is -1.94. The topological polar surface area (TPSA) is 48.9 Å². The predicted molar refractivity (Wildman–Crippen MR) is 119 cm³/mol. The quantitative estimate of drug-likeness (QED) is 0.326. The number of hydrogen-bond acceptors (Lipinski definition) is 3. The lowest BCUT2D eigenvalue weighted by Gasteiger charge is -2.17. The van der Waals surface area contributed by atoms with E-state index in [1.165, 1.54) is 17.2 Å². The molecule has 0 heterocycles. The van der Waals surface area contributed by atoms with Crippen LogP contribution in [0.15, 0.2) is 53.5 Å². The highest BCUT2D eigenvalue weighted by atomic mass is 127. The maximum Gasteiger partial charge on any atom is 0.387 e. The van der Waals surface area contributed by atoms with Gasteiger partial charge in [0.1, 0.15) is 5.75 Å². The van der Waals surface area contributed by atoms with Crippen molar-refractivity contribution in [2.45, 2.75) is 26.2 Å². The third kappa shape index (κ3) is 7.97. The molecule has 2 rings (SSSR count). The molecule has 0 spiro atoms. The molecule has 0 aliphatic heterocycles. The van der Waals surface area contributed by atoms with Gasteiger partial charge >= 0.3 is 6.61 Å². The number of ether oxygens (including phenoxy) is 1. The van der Waals surface area contributed by atoms with Crippen molar-refractivity contribution < 1.29 is 13.5 Å². The molecular formula is C20H27F2IN4O. The first-order valence-electron chi connectivity index (χ1n) is 8.68. The minimum absolute atomic E-state index is 0. The zero-order chi connectivity index (χ0) is 19.6. The first-order chi connectivity index (χ1) is 13.0. The van der Waals surface area contributed by atoms with Gasteiger partial charge in [-0.3, -0.25) is 4.99 Å². The van der Waals surface area contributed by atoms with E-state index in [-0.39, 0.29) is 29.7 Å². The van der Waals surface area contributed by atoms with Crippen molar-refractivity contribution in [3.63, 3.8) is 0 Å². The van der Waals surface area contributed by atoms with E-state index in [0.29, 0.717) is 24.6 Å². The van der Waals surface area contributed by atoms with Crippen LogP contribution in [0.5, 0.6) is 5.75 Å². The fraction of sp³-hybridized carbons (Fsp3) is 0.350. The number of guanidine groups is 1. The fourth-order valence-corrected chi connectivity index (χ4v) is 2.66. The molecule has 0 saturated heterocycles. The summed E-state index contributed by atoms with van der Waals surface area (Å²) in [6, 6.07) is 14.9. The van der Waals surface area contributed by atoms with Crippen molar-refractivity contribution in [3.05, 3.63) is 65.2 Å². The van der Waals surface area contributed by atoms with Crippen molar-refractivity contribution >= 4 is 29.9 Å². The second kappa shape index (κ2) is 12.5. The van der Waals surface area contributed by atoms with Crippen molar-refractivity contribution in [1.29, 1.82) is 0 Å². The van der Waals surface area contributed by atoms with Gasteiger partial charge in [-0.15, -0.1) is 24.0 Å². The molecule has 154 valence electrons. The van der Waals surface area contributed by atoms with Gasteiger partial charge < -0.3 is 20.3 Å². The molecule has 2 aromatic rings. The van der Waals surface area contributed by atoms with Crippen LogP contribution in [0.25, 0.3) is 0 Å². The number of nitrogens with zero attached hydrogens (tertiary/aromatic N) is 2. The third-order valence-corrected chi connectivity index (χ3v) is 3.91. The molecule has 0 saturated carbocycles. The highest BCUT2D eigenvalue weighted by molar-refractivity contribution is 14.0. The minimum Gasteiger partial charge on any atom is -0.434 e. The zero-order valence-electron chi connectivity index (χ0n) is 16.3. The van der Waals surface area contributed by atoms with Crippen LogP contribution in [0.2, 0.25) is 0 Å². The number of nitrogens with one attached hydrogen (secondary N) is 2. The molecule has 0 aliphatic rings. The van der Waals surface area contributed by atoms with Crippen LogP contribution in [0.3, 0.4) is 0 Å². The molecule has 28 heavy (non-hydrogen) atoms. The maximum atomic E-state index is 12.5. The minimum atomic E-state index is -2.85. The van der Waals surface area contributed by atoms with Crippen molar-refractivity contribution in [1.82, 2.24) is 15.5 Å². The number of hydrogen-bond donors (Lipinski definition) is 2. The molecule has 8 heteroatoms.